The summed E-state index contributed by atoms with van der Waals surface area (Å²) in [6.07, 6.45) is 0. The molecular weight excluding hydrogens is 160 g/mol. The summed E-state index contributed by atoms with van der Waals surface area (Å²) in [6.45, 7) is 3.07. The monoisotopic (exact) mass is 172 g/mol. The van der Waals surface area contributed by atoms with Crippen molar-refractivity contribution in [1.29, 1.82) is 5.26 Å². The molecule has 1 aliphatic heterocycles. The maximum Gasteiger partial charge on any atom is 0.111 e. The van der Waals surface area contributed by atoms with Crippen molar-refractivity contribution in [3.05, 3.63) is 35.9 Å². The summed E-state index contributed by atoms with van der Waals surface area (Å²) in [5.74, 6) is 0. The fourth-order valence-electron chi connectivity index (χ4n) is 1.62. The van der Waals surface area contributed by atoms with E-state index in [0.717, 1.165) is 6.54 Å². The lowest BCUT2D eigenvalue weighted by Crippen LogP contribution is -2.07. The lowest BCUT2D eigenvalue weighted by Gasteiger charge is -2.12. The van der Waals surface area contributed by atoms with Crippen LogP contribution in [0.5, 0.6) is 0 Å². The Labute approximate surface area is 78.4 Å². The van der Waals surface area contributed by atoms with Gasteiger partial charge in [0.05, 0.1) is 6.07 Å². The zero-order chi connectivity index (χ0) is 9.26. The van der Waals surface area contributed by atoms with Gasteiger partial charge in [0.15, 0.2) is 0 Å². The molecule has 0 bridgehead atoms. The van der Waals surface area contributed by atoms with E-state index in [-0.39, 0.29) is 6.04 Å². The van der Waals surface area contributed by atoms with Gasteiger partial charge in [-0.1, -0.05) is 30.3 Å². The van der Waals surface area contributed by atoms with E-state index >= 15 is 0 Å². The Bertz CT molecular complexity index is 326. The maximum absolute atomic E-state index is 8.68. The summed E-state index contributed by atoms with van der Waals surface area (Å²) < 4.78 is 0. The average molecular weight is 172 g/mol. The van der Waals surface area contributed by atoms with Crippen LogP contribution in [0.4, 0.5) is 0 Å². The molecule has 0 spiro atoms. The van der Waals surface area contributed by atoms with Gasteiger partial charge in [-0.2, -0.15) is 5.26 Å². The van der Waals surface area contributed by atoms with Crippen LogP contribution in [0.3, 0.4) is 0 Å². The Kier molecular flexibility index (Phi) is 2.03. The third-order valence-corrected chi connectivity index (χ3v) is 2.58. The van der Waals surface area contributed by atoms with Crippen molar-refractivity contribution in [1.82, 2.24) is 4.90 Å². The fourth-order valence-corrected chi connectivity index (χ4v) is 1.62. The van der Waals surface area contributed by atoms with Crippen molar-refractivity contribution in [2.45, 2.75) is 19.0 Å². The van der Waals surface area contributed by atoms with Crippen LogP contribution in [-0.2, 0) is 0 Å². The maximum atomic E-state index is 8.68. The number of nitrogens with zero attached hydrogens (tertiary/aromatic N) is 2. The number of benzene rings is 1. The van der Waals surface area contributed by atoms with Crippen molar-refractivity contribution in [3.8, 4) is 6.07 Å². The molecule has 1 aromatic rings. The fraction of sp³-hybridized carbons (Fsp3) is 0.364. The quantitative estimate of drug-likeness (QED) is 0.637. The third kappa shape index (κ3) is 1.56. The van der Waals surface area contributed by atoms with Gasteiger partial charge in [-0.3, -0.25) is 4.90 Å². The van der Waals surface area contributed by atoms with E-state index in [2.05, 4.69) is 30.0 Å². The van der Waals surface area contributed by atoms with Gasteiger partial charge in [-0.25, -0.2) is 0 Å². The highest BCUT2D eigenvalue weighted by Crippen LogP contribution is 2.30. The number of hydrogen-bond acceptors (Lipinski definition) is 2. The van der Waals surface area contributed by atoms with E-state index in [1.54, 1.807) is 0 Å². The lowest BCUT2D eigenvalue weighted by molar-refractivity contribution is 0.426. The smallest absolute Gasteiger partial charge is 0.111 e. The highest BCUT2D eigenvalue weighted by atomic mass is 15.3. The summed E-state index contributed by atoms with van der Waals surface area (Å²) in [5, 5.41) is 8.68. The number of nitriles is 1. The molecule has 66 valence electrons. The van der Waals surface area contributed by atoms with Crippen LogP contribution in [0.25, 0.3) is 0 Å². The molecule has 3 atom stereocenters. The summed E-state index contributed by atoms with van der Waals surface area (Å²) in [5.41, 5.74) is 1.29. The van der Waals surface area contributed by atoms with Crippen molar-refractivity contribution in [2.75, 3.05) is 6.54 Å². The van der Waals surface area contributed by atoms with E-state index in [4.69, 9.17) is 5.26 Å². The van der Waals surface area contributed by atoms with Gasteiger partial charge in [0.25, 0.3) is 0 Å². The molecule has 1 aliphatic rings. The molecule has 2 heteroatoms. The van der Waals surface area contributed by atoms with Crippen LogP contribution < -0.4 is 0 Å². The van der Waals surface area contributed by atoms with Crippen LogP contribution >= 0.6 is 0 Å². The van der Waals surface area contributed by atoms with Crippen molar-refractivity contribution in [2.24, 2.45) is 0 Å². The Morgan fingerprint density at radius 1 is 1.46 bits per heavy atom. The first-order valence-electron chi connectivity index (χ1n) is 4.53. The molecule has 3 unspecified atom stereocenters. The third-order valence-electron chi connectivity index (χ3n) is 2.58. The molecule has 1 heterocycles. The molecule has 0 aliphatic carbocycles. The highest BCUT2D eigenvalue weighted by Gasteiger charge is 2.38. The minimum Gasteiger partial charge on any atom is -0.278 e. The second kappa shape index (κ2) is 3.20. The summed E-state index contributed by atoms with van der Waals surface area (Å²) in [4.78, 5) is 2.19. The first-order valence-corrected chi connectivity index (χ1v) is 4.53. The van der Waals surface area contributed by atoms with Gasteiger partial charge in [0, 0.05) is 12.6 Å². The van der Waals surface area contributed by atoms with Crippen LogP contribution in [0.15, 0.2) is 30.3 Å². The van der Waals surface area contributed by atoms with Crippen molar-refractivity contribution >= 4 is 0 Å². The van der Waals surface area contributed by atoms with E-state index in [9.17, 15) is 0 Å². The van der Waals surface area contributed by atoms with Gasteiger partial charge in [-0.15, -0.1) is 0 Å². The second-order valence-corrected chi connectivity index (χ2v) is 3.43. The Hall–Kier alpha value is -1.33. The molecule has 1 aromatic carbocycles. The summed E-state index contributed by atoms with van der Waals surface area (Å²) in [6, 6.07) is 13.1. The van der Waals surface area contributed by atoms with E-state index in [1.165, 1.54) is 5.56 Å². The Morgan fingerprint density at radius 2 is 2.15 bits per heavy atom. The van der Waals surface area contributed by atoms with Crippen molar-refractivity contribution in [3.63, 3.8) is 0 Å². The largest absolute Gasteiger partial charge is 0.278 e. The van der Waals surface area contributed by atoms with Gasteiger partial charge in [0.1, 0.15) is 6.04 Å². The number of hydrogen-bond donors (Lipinski definition) is 0. The Morgan fingerprint density at radius 3 is 2.69 bits per heavy atom. The predicted molar refractivity (Wildman–Crippen MR) is 51.0 cm³/mol. The SMILES string of the molecule is CC(c1ccccc1)N1CC1C#N. The standard InChI is InChI=1S/C11H12N2/c1-9(13-8-11(13)7-12)10-5-3-2-4-6-10/h2-6,9,11H,8H2,1H3. The first kappa shape index (κ1) is 8.28. The molecule has 0 N–H and O–H groups in total. The number of rotatable bonds is 2. The van der Waals surface area contributed by atoms with Crippen LogP contribution in [0.1, 0.15) is 18.5 Å². The minimum absolute atomic E-state index is 0.148. The zero-order valence-electron chi connectivity index (χ0n) is 7.64. The van der Waals surface area contributed by atoms with Gasteiger partial charge in [-0.05, 0) is 12.5 Å². The molecule has 0 amide bonds. The van der Waals surface area contributed by atoms with Crippen LogP contribution in [0, 0.1) is 11.3 Å². The summed E-state index contributed by atoms with van der Waals surface area (Å²) in [7, 11) is 0. The van der Waals surface area contributed by atoms with E-state index < -0.39 is 0 Å². The van der Waals surface area contributed by atoms with Crippen molar-refractivity contribution < 1.29 is 0 Å². The first-order chi connectivity index (χ1) is 6.33. The highest BCUT2D eigenvalue weighted by molar-refractivity contribution is 5.22. The molecule has 2 nitrogen and oxygen atoms in total. The normalized spacial score (nSPS) is 27.7. The second-order valence-electron chi connectivity index (χ2n) is 3.43. The lowest BCUT2D eigenvalue weighted by atomic mass is 10.1. The topological polar surface area (TPSA) is 26.8 Å². The molecule has 0 radical (unpaired) electrons. The Balaban J connectivity index is 2.08. The van der Waals surface area contributed by atoms with E-state index in [0.29, 0.717) is 6.04 Å². The molecular formula is C11H12N2. The predicted octanol–water partition coefficient (Wildman–Crippen LogP) is 1.96. The zero-order valence-corrected chi connectivity index (χ0v) is 7.64. The molecule has 2 rings (SSSR count). The van der Waals surface area contributed by atoms with Crippen LogP contribution in [0.2, 0.25) is 0 Å². The van der Waals surface area contributed by atoms with Gasteiger partial charge >= 0.3 is 0 Å². The van der Waals surface area contributed by atoms with Gasteiger partial charge < -0.3 is 0 Å². The molecule has 1 saturated heterocycles. The average Bonchev–Trinajstić information content (AvgIpc) is 2.97. The van der Waals surface area contributed by atoms with Gasteiger partial charge in [0.2, 0.25) is 0 Å². The van der Waals surface area contributed by atoms with E-state index in [1.807, 2.05) is 18.2 Å². The molecule has 0 saturated carbocycles. The molecule has 1 fully saturated rings. The summed E-state index contributed by atoms with van der Waals surface area (Å²) >= 11 is 0. The minimum atomic E-state index is 0.148. The van der Waals surface area contributed by atoms with Crippen LogP contribution in [-0.4, -0.2) is 17.5 Å². The molecule has 0 aromatic heterocycles. The molecule has 13 heavy (non-hydrogen) atoms.